The molecule has 0 spiro atoms. The standard InChI is InChI=1S/C19H25N3O5S2/c1-14(19(23)20-15-6-7-16(26-2)17(13-15)27-3)21-8-10-22(11-9-21)29(24,25)18-5-4-12-28-18/h4-7,12-14H,8-11H2,1-3H3,(H,20,23). The third-order valence-electron chi connectivity index (χ3n) is 4.94. The number of ether oxygens (including phenoxy) is 2. The van der Waals surface area contributed by atoms with Gasteiger partial charge in [0.25, 0.3) is 10.0 Å². The molecular weight excluding hydrogens is 414 g/mol. The van der Waals surface area contributed by atoms with Gasteiger partial charge in [0.05, 0.1) is 20.3 Å². The van der Waals surface area contributed by atoms with Gasteiger partial charge in [0.1, 0.15) is 4.21 Å². The van der Waals surface area contributed by atoms with Crippen LogP contribution in [0.15, 0.2) is 39.9 Å². The Morgan fingerprint density at radius 1 is 1.10 bits per heavy atom. The molecule has 10 heteroatoms. The van der Waals surface area contributed by atoms with Crippen LogP contribution in [0.1, 0.15) is 6.92 Å². The minimum Gasteiger partial charge on any atom is -0.493 e. The van der Waals surface area contributed by atoms with Crippen LogP contribution in [0, 0.1) is 0 Å². The molecule has 2 heterocycles. The van der Waals surface area contributed by atoms with E-state index in [1.54, 1.807) is 42.8 Å². The zero-order valence-electron chi connectivity index (χ0n) is 16.6. The first-order valence-corrected chi connectivity index (χ1v) is 11.5. The molecule has 1 aromatic carbocycles. The summed E-state index contributed by atoms with van der Waals surface area (Å²) < 4.78 is 37.6. The molecule has 1 aromatic heterocycles. The highest BCUT2D eigenvalue weighted by molar-refractivity contribution is 7.91. The van der Waals surface area contributed by atoms with E-state index in [0.29, 0.717) is 47.6 Å². The van der Waals surface area contributed by atoms with Crippen LogP contribution >= 0.6 is 11.3 Å². The lowest BCUT2D eigenvalue weighted by Gasteiger charge is -2.36. The third-order valence-corrected chi connectivity index (χ3v) is 8.21. The first-order chi connectivity index (χ1) is 13.9. The first kappa shape index (κ1) is 21.6. The number of amides is 1. The maximum atomic E-state index is 12.7. The number of benzene rings is 1. The fraction of sp³-hybridized carbons (Fsp3) is 0.421. The van der Waals surface area contributed by atoms with E-state index in [0.717, 1.165) is 0 Å². The largest absolute Gasteiger partial charge is 0.493 e. The average molecular weight is 440 g/mol. The molecule has 1 aliphatic rings. The molecule has 1 saturated heterocycles. The number of hydrogen-bond donors (Lipinski definition) is 1. The van der Waals surface area contributed by atoms with Gasteiger partial charge in [-0.25, -0.2) is 8.42 Å². The van der Waals surface area contributed by atoms with Gasteiger partial charge >= 0.3 is 0 Å². The summed E-state index contributed by atoms with van der Waals surface area (Å²) in [5.41, 5.74) is 0.610. The number of piperazine rings is 1. The fourth-order valence-corrected chi connectivity index (χ4v) is 5.76. The monoisotopic (exact) mass is 439 g/mol. The van der Waals surface area contributed by atoms with Crippen molar-refractivity contribution in [3.8, 4) is 11.5 Å². The Morgan fingerprint density at radius 2 is 1.79 bits per heavy atom. The predicted molar refractivity (Wildman–Crippen MR) is 112 cm³/mol. The second-order valence-corrected chi connectivity index (χ2v) is 9.72. The van der Waals surface area contributed by atoms with Crippen molar-refractivity contribution in [1.82, 2.24) is 9.21 Å². The van der Waals surface area contributed by atoms with Crippen LogP contribution in [0.5, 0.6) is 11.5 Å². The number of methoxy groups -OCH3 is 2. The molecule has 3 rings (SSSR count). The highest BCUT2D eigenvalue weighted by Gasteiger charge is 2.32. The molecule has 1 amide bonds. The molecule has 8 nitrogen and oxygen atoms in total. The van der Waals surface area contributed by atoms with Crippen molar-refractivity contribution < 1.29 is 22.7 Å². The summed E-state index contributed by atoms with van der Waals surface area (Å²) >= 11 is 1.22. The molecule has 1 aliphatic heterocycles. The smallest absolute Gasteiger partial charge is 0.252 e. The summed E-state index contributed by atoms with van der Waals surface area (Å²) in [5.74, 6) is 0.957. The van der Waals surface area contributed by atoms with Crippen LogP contribution in [0.4, 0.5) is 5.69 Å². The van der Waals surface area contributed by atoms with Gasteiger partial charge in [-0.15, -0.1) is 11.3 Å². The van der Waals surface area contributed by atoms with Crippen LogP contribution < -0.4 is 14.8 Å². The highest BCUT2D eigenvalue weighted by Crippen LogP contribution is 2.30. The molecule has 0 radical (unpaired) electrons. The molecule has 1 atom stereocenters. The quantitative estimate of drug-likeness (QED) is 0.711. The van der Waals surface area contributed by atoms with Gasteiger partial charge < -0.3 is 14.8 Å². The van der Waals surface area contributed by atoms with Crippen LogP contribution in [0.2, 0.25) is 0 Å². The van der Waals surface area contributed by atoms with E-state index >= 15 is 0 Å². The number of anilines is 1. The van der Waals surface area contributed by atoms with Gasteiger partial charge in [-0.2, -0.15) is 4.31 Å². The van der Waals surface area contributed by atoms with Crippen molar-refractivity contribution in [2.24, 2.45) is 0 Å². The summed E-state index contributed by atoms with van der Waals surface area (Å²) in [6.07, 6.45) is 0. The van der Waals surface area contributed by atoms with Crippen molar-refractivity contribution in [2.45, 2.75) is 17.2 Å². The lowest BCUT2D eigenvalue weighted by Crippen LogP contribution is -2.53. The average Bonchev–Trinajstić information content (AvgIpc) is 3.29. The van der Waals surface area contributed by atoms with Gasteiger partial charge in [0.15, 0.2) is 11.5 Å². The molecule has 29 heavy (non-hydrogen) atoms. The first-order valence-electron chi connectivity index (χ1n) is 9.17. The molecule has 158 valence electrons. The number of hydrogen-bond acceptors (Lipinski definition) is 7. The Balaban J connectivity index is 1.59. The van der Waals surface area contributed by atoms with Crippen molar-refractivity contribution >= 4 is 33.0 Å². The van der Waals surface area contributed by atoms with E-state index in [9.17, 15) is 13.2 Å². The molecule has 0 aliphatic carbocycles. The molecular formula is C19H25N3O5S2. The van der Waals surface area contributed by atoms with Crippen LogP contribution in [0.25, 0.3) is 0 Å². The third kappa shape index (κ3) is 4.72. The number of rotatable bonds is 7. The van der Waals surface area contributed by atoms with Gasteiger partial charge in [-0.1, -0.05) is 6.07 Å². The van der Waals surface area contributed by atoms with Gasteiger partial charge in [-0.3, -0.25) is 9.69 Å². The van der Waals surface area contributed by atoms with Crippen molar-refractivity contribution in [1.29, 1.82) is 0 Å². The normalized spacial score (nSPS) is 16.9. The summed E-state index contributed by atoms with van der Waals surface area (Å²) in [4.78, 5) is 14.7. The van der Waals surface area contributed by atoms with Crippen LogP contribution in [-0.4, -0.2) is 70.0 Å². The lowest BCUT2D eigenvalue weighted by molar-refractivity contribution is -0.121. The number of carbonyl (C=O) groups excluding carboxylic acids is 1. The number of sulfonamides is 1. The van der Waals surface area contributed by atoms with Gasteiger partial charge in [0, 0.05) is 37.9 Å². The minimum absolute atomic E-state index is 0.160. The maximum Gasteiger partial charge on any atom is 0.252 e. The molecule has 1 N–H and O–H groups in total. The van der Waals surface area contributed by atoms with E-state index in [1.165, 1.54) is 22.8 Å². The summed E-state index contributed by atoms with van der Waals surface area (Å²) in [6, 6.07) is 8.13. The topological polar surface area (TPSA) is 88.2 Å². The van der Waals surface area contributed by atoms with E-state index in [2.05, 4.69) is 5.32 Å². The minimum atomic E-state index is -3.45. The van der Waals surface area contributed by atoms with Crippen LogP contribution in [0.3, 0.4) is 0 Å². The van der Waals surface area contributed by atoms with E-state index in [4.69, 9.17) is 9.47 Å². The second-order valence-electron chi connectivity index (χ2n) is 6.61. The zero-order valence-corrected chi connectivity index (χ0v) is 18.3. The summed E-state index contributed by atoms with van der Waals surface area (Å²) in [6.45, 7) is 3.51. The number of thiophene rings is 1. The Labute approximate surface area is 175 Å². The molecule has 0 bridgehead atoms. The second kappa shape index (κ2) is 9.12. The van der Waals surface area contributed by atoms with E-state index in [1.807, 2.05) is 11.8 Å². The number of nitrogens with zero attached hydrogens (tertiary/aromatic N) is 2. The molecule has 2 aromatic rings. The SMILES string of the molecule is COc1ccc(NC(=O)C(C)N2CCN(S(=O)(=O)c3cccs3)CC2)cc1OC. The molecule has 1 unspecified atom stereocenters. The summed E-state index contributed by atoms with van der Waals surface area (Å²) in [7, 11) is -0.363. The Morgan fingerprint density at radius 3 is 2.38 bits per heavy atom. The molecule has 0 saturated carbocycles. The van der Waals surface area contributed by atoms with Crippen molar-refractivity contribution in [3.05, 3.63) is 35.7 Å². The summed E-state index contributed by atoms with van der Waals surface area (Å²) in [5, 5.41) is 4.64. The van der Waals surface area contributed by atoms with Crippen molar-refractivity contribution in [3.63, 3.8) is 0 Å². The van der Waals surface area contributed by atoms with E-state index in [-0.39, 0.29) is 5.91 Å². The molecule has 1 fully saturated rings. The zero-order chi connectivity index (χ0) is 21.0. The Hall–Kier alpha value is -2.14. The van der Waals surface area contributed by atoms with Crippen LogP contribution in [-0.2, 0) is 14.8 Å². The number of nitrogens with one attached hydrogen (secondary N) is 1. The number of carbonyl (C=O) groups is 1. The maximum absolute atomic E-state index is 12.7. The predicted octanol–water partition coefficient (Wildman–Crippen LogP) is 2.10. The Bertz CT molecular complexity index is 939. The fourth-order valence-electron chi connectivity index (χ4n) is 3.20. The Kier molecular flexibility index (Phi) is 6.78. The van der Waals surface area contributed by atoms with Gasteiger partial charge in [-0.05, 0) is 30.5 Å². The van der Waals surface area contributed by atoms with Crippen molar-refractivity contribution in [2.75, 3.05) is 45.7 Å². The van der Waals surface area contributed by atoms with Gasteiger partial charge in [0.2, 0.25) is 5.91 Å². The van der Waals surface area contributed by atoms with E-state index < -0.39 is 16.1 Å². The highest BCUT2D eigenvalue weighted by atomic mass is 32.2. The lowest BCUT2D eigenvalue weighted by atomic mass is 10.2.